The van der Waals surface area contributed by atoms with Crippen molar-refractivity contribution in [3.63, 3.8) is 0 Å². The molecule has 0 bridgehead atoms. The lowest BCUT2D eigenvalue weighted by atomic mass is 10.2. The average molecular weight is 286 g/mol. The van der Waals surface area contributed by atoms with Crippen LogP contribution in [0.15, 0.2) is 15.9 Å². The third kappa shape index (κ3) is 1.87. The van der Waals surface area contributed by atoms with Crippen molar-refractivity contribution in [2.75, 3.05) is 0 Å². The Kier molecular flexibility index (Phi) is 2.95. The first-order valence-electron chi connectivity index (χ1n) is 4.61. The van der Waals surface area contributed by atoms with Gasteiger partial charge >= 0.3 is 0 Å². The van der Waals surface area contributed by atoms with Gasteiger partial charge in [0.1, 0.15) is 5.69 Å². The molecule has 3 nitrogen and oxygen atoms in total. The summed E-state index contributed by atoms with van der Waals surface area (Å²) >= 11 is 5.14. The van der Waals surface area contributed by atoms with E-state index in [-0.39, 0.29) is 0 Å². The number of nitrogens with zero attached hydrogens (tertiary/aromatic N) is 2. The van der Waals surface area contributed by atoms with Crippen LogP contribution in [-0.4, -0.2) is 9.78 Å². The molecule has 0 aliphatic heterocycles. The normalized spacial score (nSPS) is 10.9. The van der Waals surface area contributed by atoms with Crippen LogP contribution in [0.2, 0.25) is 0 Å². The highest BCUT2D eigenvalue weighted by Gasteiger charge is 2.13. The number of nitrogens with two attached hydrogens (primary N) is 1. The lowest BCUT2D eigenvalue weighted by molar-refractivity contribution is 0.712. The summed E-state index contributed by atoms with van der Waals surface area (Å²) in [5.41, 5.74) is 8.98. The van der Waals surface area contributed by atoms with Crippen LogP contribution in [0.25, 0.3) is 10.6 Å². The number of hydrogen-bond donors (Lipinski definition) is 1. The Hall–Kier alpha value is -0.650. The third-order valence-electron chi connectivity index (χ3n) is 2.43. The van der Waals surface area contributed by atoms with Gasteiger partial charge in [-0.3, -0.25) is 4.68 Å². The summed E-state index contributed by atoms with van der Waals surface area (Å²) in [5.74, 6) is 0. The van der Waals surface area contributed by atoms with E-state index in [9.17, 15) is 0 Å². The quantitative estimate of drug-likeness (QED) is 0.922. The Morgan fingerprint density at radius 1 is 1.53 bits per heavy atom. The number of thiophene rings is 1. The second-order valence-corrected chi connectivity index (χ2v) is 5.81. The zero-order valence-electron chi connectivity index (χ0n) is 8.62. The number of aryl methyl sites for hydroxylation is 1. The molecule has 0 atom stereocenters. The second kappa shape index (κ2) is 4.08. The first-order chi connectivity index (χ1) is 7.13. The van der Waals surface area contributed by atoms with Gasteiger partial charge in [0.25, 0.3) is 0 Å². The van der Waals surface area contributed by atoms with Gasteiger partial charge in [-0.05, 0) is 35.0 Å². The van der Waals surface area contributed by atoms with Crippen LogP contribution in [-0.2, 0) is 13.6 Å². The monoisotopic (exact) mass is 285 g/mol. The summed E-state index contributed by atoms with van der Waals surface area (Å²) in [4.78, 5) is 1.18. The molecule has 2 rings (SSSR count). The maximum Gasteiger partial charge on any atom is 0.106 e. The Morgan fingerprint density at radius 3 is 2.73 bits per heavy atom. The van der Waals surface area contributed by atoms with Gasteiger partial charge in [-0.1, -0.05) is 0 Å². The standard InChI is InChI=1S/C10H12BrN3S/c1-6-7(5-12)14(2)13-10(6)8-3-4-9(11)15-8/h3-4H,5,12H2,1-2H3. The van der Waals surface area contributed by atoms with Gasteiger partial charge < -0.3 is 5.73 Å². The molecule has 0 aromatic carbocycles. The average Bonchev–Trinajstić information content (AvgIpc) is 2.71. The van der Waals surface area contributed by atoms with E-state index in [1.165, 1.54) is 10.4 Å². The van der Waals surface area contributed by atoms with E-state index in [0.717, 1.165) is 15.2 Å². The van der Waals surface area contributed by atoms with Crippen molar-refractivity contribution in [3.8, 4) is 10.6 Å². The summed E-state index contributed by atoms with van der Waals surface area (Å²) < 4.78 is 2.98. The van der Waals surface area contributed by atoms with Crippen molar-refractivity contribution < 1.29 is 0 Å². The minimum absolute atomic E-state index is 0.530. The van der Waals surface area contributed by atoms with Crippen LogP contribution < -0.4 is 5.73 Å². The number of halogens is 1. The van der Waals surface area contributed by atoms with Gasteiger partial charge in [0.05, 0.1) is 14.4 Å². The summed E-state index contributed by atoms with van der Waals surface area (Å²) in [7, 11) is 1.93. The maximum atomic E-state index is 5.68. The first-order valence-corrected chi connectivity index (χ1v) is 6.22. The van der Waals surface area contributed by atoms with Gasteiger partial charge in [0.15, 0.2) is 0 Å². The molecule has 2 heterocycles. The van der Waals surface area contributed by atoms with E-state index in [1.54, 1.807) is 11.3 Å². The molecule has 0 spiro atoms. The molecule has 2 N–H and O–H groups in total. The van der Waals surface area contributed by atoms with Crippen molar-refractivity contribution in [2.45, 2.75) is 13.5 Å². The van der Waals surface area contributed by atoms with E-state index in [0.29, 0.717) is 6.54 Å². The molecule has 0 amide bonds. The van der Waals surface area contributed by atoms with Crippen molar-refractivity contribution in [2.24, 2.45) is 12.8 Å². The maximum absolute atomic E-state index is 5.68. The van der Waals surface area contributed by atoms with Crippen molar-refractivity contribution in [1.82, 2.24) is 9.78 Å². The first kappa shape index (κ1) is 10.9. The molecule has 80 valence electrons. The van der Waals surface area contributed by atoms with E-state index < -0.39 is 0 Å². The third-order valence-corrected chi connectivity index (χ3v) is 4.06. The molecule has 2 aromatic heterocycles. The van der Waals surface area contributed by atoms with E-state index in [1.807, 2.05) is 17.8 Å². The molecule has 0 unspecified atom stereocenters. The van der Waals surface area contributed by atoms with Gasteiger partial charge in [0, 0.05) is 19.2 Å². The van der Waals surface area contributed by atoms with E-state index in [4.69, 9.17) is 5.73 Å². The largest absolute Gasteiger partial charge is 0.325 e. The summed E-state index contributed by atoms with van der Waals surface area (Å²) in [6.07, 6.45) is 0. The number of hydrogen-bond acceptors (Lipinski definition) is 3. The fourth-order valence-electron chi connectivity index (χ4n) is 1.63. The SMILES string of the molecule is Cc1c(-c2ccc(Br)s2)nn(C)c1CN. The predicted molar refractivity (Wildman–Crippen MR) is 66.8 cm³/mol. The van der Waals surface area contributed by atoms with Crippen LogP contribution in [0, 0.1) is 6.92 Å². The van der Waals surface area contributed by atoms with Crippen molar-refractivity contribution in [3.05, 3.63) is 27.2 Å². The van der Waals surface area contributed by atoms with E-state index >= 15 is 0 Å². The Labute approximate surface area is 101 Å². The summed E-state index contributed by atoms with van der Waals surface area (Å²) in [6, 6.07) is 4.11. The molecular weight excluding hydrogens is 274 g/mol. The molecule has 0 aliphatic rings. The van der Waals surface area contributed by atoms with Crippen LogP contribution in [0.4, 0.5) is 0 Å². The van der Waals surface area contributed by atoms with Crippen molar-refractivity contribution >= 4 is 27.3 Å². The zero-order valence-corrected chi connectivity index (χ0v) is 11.0. The van der Waals surface area contributed by atoms with Crippen LogP contribution in [0.3, 0.4) is 0 Å². The number of aromatic nitrogens is 2. The topological polar surface area (TPSA) is 43.8 Å². The van der Waals surface area contributed by atoms with Gasteiger partial charge in [-0.15, -0.1) is 11.3 Å². The molecule has 0 fully saturated rings. The Balaban J connectivity index is 2.54. The molecule has 5 heteroatoms. The van der Waals surface area contributed by atoms with Gasteiger partial charge in [0.2, 0.25) is 0 Å². The molecule has 0 aliphatic carbocycles. The molecule has 0 radical (unpaired) electrons. The lowest BCUT2D eigenvalue weighted by Gasteiger charge is -1.97. The molecule has 0 saturated carbocycles. The molecule has 15 heavy (non-hydrogen) atoms. The zero-order chi connectivity index (χ0) is 11.0. The summed E-state index contributed by atoms with van der Waals surface area (Å²) in [5, 5.41) is 4.49. The predicted octanol–water partition coefficient (Wildman–Crippen LogP) is 2.68. The van der Waals surface area contributed by atoms with Crippen LogP contribution >= 0.6 is 27.3 Å². The Bertz CT molecular complexity index is 487. The minimum atomic E-state index is 0.530. The second-order valence-electron chi connectivity index (χ2n) is 3.35. The fourth-order valence-corrected chi connectivity index (χ4v) is 3.05. The van der Waals surface area contributed by atoms with Gasteiger partial charge in [-0.25, -0.2) is 0 Å². The van der Waals surface area contributed by atoms with Crippen LogP contribution in [0.5, 0.6) is 0 Å². The minimum Gasteiger partial charge on any atom is -0.325 e. The van der Waals surface area contributed by atoms with Crippen molar-refractivity contribution in [1.29, 1.82) is 0 Å². The molecule has 2 aromatic rings. The molecular formula is C10H12BrN3S. The highest BCUT2D eigenvalue weighted by atomic mass is 79.9. The van der Waals surface area contributed by atoms with Crippen LogP contribution in [0.1, 0.15) is 11.3 Å². The number of rotatable bonds is 2. The fraction of sp³-hybridized carbons (Fsp3) is 0.300. The lowest BCUT2D eigenvalue weighted by Crippen LogP contribution is -2.05. The van der Waals surface area contributed by atoms with Gasteiger partial charge in [-0.2, -0.15) is 5.10 Å². The Morgan fingerprint density at radius 2 is 2.27 bits per heavy atom. The smallest absolute Gasteiger partial charge is 0.106 e. The summed E-state index contributed by atoms with van der Waals surface area (Å²) in [6.45, 7) is 2.60. The highest BCUT2D eigenvalue weighted by Crippen LogP contribution is 2.33. The molecule has 0 saturated heterocycles. The highest BCUT2D eigenvalue weighted by molar-refractivity contribution is 9.11. The van der Waals surface area contributed by atoms with E-state index in [2.05, 4.69) is 34.0 Å².